The van der Waals surface area contributed by atoms with Gasteiger partial charge in [0.25, 0.3) is 11.5 Å². The Morgan fingerprint density at radius 1 is 1.00 bits per heavy atom. The number of benzene rings is 1. The Kier molecular flexibility index (Phi) is 11.4. The lowest BCUT2D eigenvalue weighted by Gasteiger charge is -2.39. The first-order valence-corrected chi connectivity index (χ1v) is 19.1. The second kappa shape index (κ2) is 15.2. The van der Waals surface area contributed by atoms with Crippen LogP contribution in [0.4, 0.5) is 4.79 Å². The predicted octanol–water partition coefficient (Wildman–Crippen LogP) is 3.87. The first kappa shape index (κ1) is 40.5. The maximum atomic E-state index is 14.6. The van der Waals surface area contributed by atoms with E-state index in [2.05, 4.69) is 41.7 Å². The van der Waals surface area contributed by atoms with Crippen LogP contribution in [0.1, 0.15) is 81.1 Å². The van der Waals surface area contributed by atoms with Gasteiger partial charge in [-0.15, -0.1) is 6.58 Å². The van der Waals surface area contributed by atoms with E-state index in [0.717, 1.165) is 19.3 Å². The molecule has 1 aromatic heterocycles. The van der Waals surface area contributed by atoms with E-state index < -0.39 is 70.1 Å². The zero-order valence-corrected chi connectivity index (χ0v) is 33.0. The van der Waals surface area contributed by atoms with Crippen molar-refractivity contribution in [1.82, 2.24) is 30.7 Å². The summed E-state index contributed by atoms with van der Waals surface area (Å²) < 4.78 is 1.23. The number of fused-ring (bicyclic) bond motifs is 2. The lowest BCUT2D eigenvalue weighted by Crippen LogP contribution is -2.62. The molecule has 6 atom stereocenters. The second-order valence-corrected chi connectivity index (χ2v) is 18.2. The molecule has 0 bridgehead atoms. The number of aromatic nitrogens is 1. The van der Waals surface area contributed by atoms with E-state index in [1.807, 2.05) is 41.5 Å². The molecular formula is C41H58N6O7. The maximum Gasteiger partial charge on any atom is 0.315 e. The van der Waals surface area contributed by atoms with Gasteiger partial charge in [0.05, 0.1) is 12.1 Å². The largest absolute Gasteiger partial charge is 0.494 e. The molecular weight excluding hydrogens is 688 g/mol. The van der Waals surface area contributed by atoms with Crippen molar-refractivity contribution in [2.75, 3.05) is 13.1 Å². The average molecular weight is 747 g/mol. The maximum absolute atomic E-state index is 14.6. The minimum Gasteiger partial charge on any atom is -0.494 e. The molecule has 0 spiro atoms. The van der Waals surface area contributed by atoms with E-state index in [1.165, 1.54) is 21.6 Å². The van der Waals surface area contributed by atoms with E-state index in [4.69, 9.17) is 0 Å². The smallest absolute Gasteiger partial charge is 0.315 e. The van der Waals surface area contributed by atoms with Crippen LogP contribution in [-0.4, -0.2) is 81.4 Å². The molecule has 5 amide bonds. The predicted molar refractivity (Wildman–Crippen MR) is 206 cm³/mol. The van der Waals surface area contributed by atoms with Crippen LogP contribution >= 0.6 is 0 Å². The number of pyridine rings is 1. The van der Waals surface area contributed by atoms with Gasteiger partial charge in [-0.3, -0.25) is 28.5 Å². The van der Waals surface area contributed by atoms with Gasteiger partial charge in [0.15, 0.2) is 0 Å². The number of carbonyl (C=O) groups is 5. The lowest BCUT2D eigenvalue weighted by atomic mass is 9.80. The molecule has 13 nitrogen and oxygen atoms in total. The SMILES string of the molecule is C=CCNC(=O)C(=O)C(CC1CCC1)NC(=O)[C@@H]1[C@@H]2[C@H](CN1C(=O)[C@@H](NC(=O)N[C@H](Cn1c(O)c3ccccc3cc1=O)C(C)(C)C)C(C)(C)C)C2(C)C. The van der Waals surface area contributed by atoms with Crippen LogP contribution < -0.4 is 26.8 Å². The van der Waals surface area contributed by atoms with Crippen molar-refractivity contribution in [1.29, 1.82) is 0 Å². The van der Waals surface area contributed by atoms with E-state index in [-0.39, 0.29) is 42.1 Å². The number of rotatable bonds is 13. The summed E-state index contributed by atoms with van der Waals surface area (Å²) in [7, 11) is 0. The fourth-order valence-electron chi connectivity index (χ4n) is 8.10. The van der Waals surface area contributed by atoms with Crippen molar-refractivity contribution in [2.24, 2.45) is 34.0 Å². The summed E-state index contributed by atoms with van der Waals surface area (Å²) in [6.45, 7) is 19.3. The molecule has 1 aliphatic heterocycles. The number of Topliss-reactive ketones (excluding diaryl/α,β-unsaturated/α-hetero) is 1. The number of ketones is 1. The number of hydrogen-bond acceptors (Lipinski definition) is 7. The Balaban J connectivity index is 1.36. The summed E-state index contributed by atoms with van der Waals surface area (Å²) in [5, 5.41) is 23.4. The van der Waals surface area contributed by atoms with E-state index in [9.17, 15) is 33.9 Å². The number of aromatic hydroxyl groups is 1. The molecule has 1 unspecified atom stereocenters. The number of carbonyl (C=O) groups excluding carboxylic acids is 5. The topological polar surface area (TPSA) is 179 Å². The number of nitrogens with zero attached hydrogens (tertiary/aromatic N) is 2. The molecule has 13 heteroatoms. The standard InChI is InChI=1S/C41H58N6O7/c1-10-18-42-35(51)32(49)27(19-23-14-13-15-23)43-34(50)31-30-26(41(30,8)9)21-47(31)37(53)33(40(5,6)7)45-38(54)44-28(39(2,3)4)22-46-29(48)20-24-16-11-12-17-25(24)36(46)52/h10-12,16-17,20,23,26-28,30-31,33,52H,1,13-15,18-19,21-22H2,2-9H3,(H,42,51)(H,43,50)(H2,44,45,54)/t26-,27?,28+,30-,31-,33+/m0/s1. The van der Waals surface area contributed by atoms with Crippen LogP contribution in [0.15, 0.2) is 47.8 Å². The molecule has 1 aromatic carbocycles. The number of nitrogens with one attached hydrogen (secondary N) is 4. The zero-order chi connectivity index (χ0) is 39.9. The number of amides is 5. The molecule has 54 heavy (non-hydrogen) atoms. The van der Waals surface area contributed by atoms with E-state index in [1.54, 1.807) is 24.3 Å². The third-order valence-corrected chi connectivity index (χ3v) is 11.9. The fraction of sp³-hybridized carbons (Fsp3) is 0.610. The highest BCUT2D eigenvalue weighted by atomic mass is 16.3. The molecule has 2 saturated carbocycles. The van der Waals surface area contributed by atoms with Crippen LogP contribution in [0.5, 0.6) is 5.88 Å². The summed E-state index contributed by atoms with van der Waals surface area (Å²) in [6.07, 6.45) is 4.67. The molecule has 0 radical (unpaired) electrons. The van der Waals surface area contributed by atoms with Crippen molar-refractivity contribution in [3.05, 3.63) is 53.3 Å². The van der Waals surface area contributed by atoms with E-state index in [0.29, 0.717) is 23.7 Å². The third kappa shape index (κ3) is 8.34. The number of urea groups is 1. The van der Waals surface area contributed by atoms with Crippen molar-refractivity contribution in [3.63, 3.8) is 0 Å². The van der Waals surface area contributed by atoms with Gasteiger partial charge in [-0.2, -0.15) is 0 Å². The number of piperidine rings is 1. The van der Waals surface area contributed by atoms with Crippen LogP contribution in [0.3, 0.4) is 0 Å². The Morgan fingerprint density at radius 3 is 2.26 bits per heavy atom. The molecule has 2 heterocycles. The van der Waals surface area contributed by atoms with Gasteiger partial charge < -0.3 is 31.3 Å². The number of hydrogen-bond donors (Lipinski definition) is 5. The fourth-order valence-corrected chi connectivity index (χ4v) is 8.10. The zero-order valence-electron chi connectivity index (χ0n) is 33.0. The van der Waals surface area contributed by atoms with Gasteiger partial charge in [0.2, 0.25) is 23.5 Å². The highest BCUT2D eigenvalue weighted by Gasteiger charge is 2.70. The second-order valence-electron chi connectivity index (χ2n) is 18.2. The average Bonchev–Trinajstić information content (AvgIpc) is 3.36. The van der Waals surface area contributed by atoms with Gasteiger partial charge in [-0.25, -0.2) is 4.79 Å². The van der Waals surface area contributed by atoms with E-state index >= 15 is 0 Å². The van der Waals surface area contributed by atoms with Gasteiger partial charge >= 0.3 is 6.03 Å². The van der Waals surface area contributed by atoms with Crippen molar-refractivity contribution in [2.45, 2.75) is 112 Å². The van der Waals surface area contributed by atoms with Gasteiger partial charge in [-0.1, -0.05) is 98.9 Å². The third-order valence-electron chi connectivity index (χ3n) is 11.9. The molecule has 2 aromatic rings. The van der Waals surface area contributed by atoms with Crippen LogP contribution in [0.2, 0.25) is 0 Å². The van der Waals surface area contributed by atoms with Crippen molar-refractivity contribution >= 4 is 40.3 Å². The minimum atomic E-state index is -1.05. The Morgan fingerprint density at radius 2 is 1.67 bits per heavy atom. The lowest BCUT2D eigenvalue weighted by molar-refractivity contribution is -0.145. The van der Waals surface area contributed by atoms with Crippen LogP contribution in [0, 0.1) is 34.0 Å². The summed E-state index contributed by atoms with van der Waals surface area (Å²) in [4.78, 5) is 83.3. The van der Waals surface area contributed by atoms with Gasteiger partial charge in [0.1, 0.15) is 12.1 Å². The number of likely N-dealkylation sites (tertiary alicyclic amines) is 1. The van der Waals surface area contributed by atoms with Crippen LogP contribution in [0.25, 0.3) is 10.8 Å². The quantitative estimate of drug-likeness (QED) is 0.153. The summed E-state index contributed by atoms with van der Waals surface area (Å²) in [5.41, 5.74) is -1.99. The van der Waals surface area contributed by atoms with Crippen molar-refractivity contribution < 1.29 is 29.1 Å². The Labute approximate surface area is 317 Å². The van der Waals surface area contributed by atoms with Gasteiger partial charge in [-0.05, 0) is 51.9 Å². The molecule has 294 valence electrons. The van der Waals surface area contributed by atoms with Gasteiger partial charge in [0, 0.05) is 31.1 Å². The molecule has 3 fully saturated rings. The highest BCUT2D eigenvalue weighted by Crippen LogP contribution is 2.65. The molecule has 2 aliphatic carbocycles. The summed E-state index contributed by atoms with van der Waals surface area (Å²) in [6, 6.07) is 4.19. The van der Waals surface area contributed by atoms with Crippen LogP contribution in [-0.2, 0) is 25.7 Å². The molecule has 5 N–H and O–H groups in total. The molecule has 1 saturated heterocycles. The Bertz CT molecular complexity index is 1870. The molecule has 5 rings (SSSR count). The monoisotopic (exact) mass is 746 g/mol. The first-order valence-electron chi connectivity index (χ1n) is 19.1. The normalized spacial score (nSPS) is 22.2. The summed E-state index contributed by atoms with van der Waals surface area (Å²) >= 11 is 0. The highest BCUT2D eigenvalue weighted by molar-refractivity contribution is 6.38. The summed E-state index contributed by atoms with van der Waals surface area (Å²) in [5.74, 6) is -2.54. The minimum absolute atomic E-state index is 0.0281. The van der Waals surface area contributed by atoms with Crippen molar-refractivity contribution in [3.8, 4) is 5.88 Å². The first-order chi connectivity index (χ1) is 25.2. The molecule has 3 aliphatic rings. The Hall–Kier alpha value is -4.68.